The van der Waals surface area contributed by atoms with Crippen molar-refractivity contribution in [2.24, 2.45) is 0 Å². The smallest absolute Gasteiger partial charge is 0.262 e. The van der Waals surface area contributed by atoms with Crippen LogP contribution in [0.2, 0.25) is 0 Å². The molecular weight excluding hydrogens is 468 g/mol. The van der Waals surface area contributed by atoms with E-state index in [0.717, 1.165) is 35.7 Å². The van der Waals surface area contributed by atoms with Crippen LogP contribution in [0.3, 0.4) is 0 Å². The number of ether oxygens (including phenoxy) is 1. The van der Waals surface area contributed by atoms with Crippen molar-refractivity contribution in [3.05, 3.63) is 52.5 Å². The summed E-state index contributed by atoms with van der Waals surface area (Å²) in [5.41, 5.74) is 1.45. The van der Waals surface area contributed by atoms with Crippen molar-refractivity contribution >= 4 is 37.5 Å². The van der Waals surface area contributed by atoms with Gasteiger partial charge in [0.1, 0.15) is 5.75 Å². The van der Waals surface area contributed by atoms with Gasteiger partial charge in [0.25, 0.3) is 5.91 Å². The molecule has 8 heteroatoms. The summed E-state index contributed by atoms with van der Waals surface area (Å²) in [6, 6.07) is 11.9. The number of carbonyl (C=O) groups excluding carboxylic acids is 1. The van der Waals surface area contributed by atoms with E-state index < -0.39 is 10.0 Å². The molecule has 30 heavy (non-hydrogen) atoms. The highest BCUT2D eigenvalue weighted by molar-refractivity contribution is 9.10. The number of nitrogens with zero attached hydrogens (tertiary/aromatic N) is 1. The van der Waals surface area contributed by atoms with Crippen molar-refractivity contribution in [3.8, 4) is 5.75 Å². The first-order valence-corrected chi connectivity index (χ1v) is 12.3. The minimum atomic E-state index is -3.55. The fourth-order valence-electron chi connectivity index (χ4n) is 3.63. The van der Waals surface area contributed by atoms with Crippen LogP contribution in [-0.2, 0) is 14.8 Å². The second-order valence-electron chi connectivity index (χ2n) is 7.58. The van der Waals surface area contributed by atoms with E-state index in [0.29, 0.717) is 11.4 Å². The Hall–Kier alpha value is -1.90. The molecule has 3 rings (SSSR count). The lowest BCUT2D eigenvalue weighted by atomic mass is 9.96. The molecule has 1 aliphatic rings. The van der Waals surface area contributed by atoms with Crippen LogP contribution in [0.4, 0.5) is 5.69 Å². The Kier molecular flexibility index (Phi) is 7.55. The Balaban J connectivity index is 1.58. The number of amides is 1. The Bertz CT molecular complexity index is 987. The van der Waals surface area contributed by atoms with Crippen LogP contribution < -0.4 is 10.1 Å². The second kappa shape index (κ2) is 9.94. The topological polar surface area (TPSA) is 75.7 Å². The van der Waals surface area contributed by atoms with Gasteiger partial charge in [0.05, 0.1) is 4.90 Å². The molecular formula is C22H27BrN2O4S. The molecule has 0 bridgehead atoms. The van der Waals surface area contributed by atoms with E-state index in [1.54, 1.807) is 25.2 Å². The predicted octanol–water partition coefficient (Wildman–Crippen LogP) is 4.73. The monoisotopic (exact) mass is 494 g/mol. The summed E-state index contributed by atoms with van der Waals surface area (Å²) in [5, 5.41) is 2.73. The number of aryl methyl sites for hydroxylation is 1. The first-order valence-electron chi connectivity index (χ1n) is 10.0. The average molecular weight is 495 g/mol. The molecule has 1 fully saturated rings. The zero-order valence-electron chi connectivity index (χ0n) is 17.2. The Labute approximate surface area is 186 Å². The number of benzene rings is 2. The fourth-order valence-corrected chi connectivity index (χ4v) is 5.52. The minimum absolute atomic E-state index is 0.0577. The summed E-state index contributed by atoms with van der Waals surface area (Å²) in [5.74, 6) is 0.327. The number of sulfonamides is 1. The molecule has 0 unspecified atom stereocenters. The van der Waals surface area contributed by atoms with Crippen LogP contribution in [0.5, 0.6) is 5.75 Å². The third-order valence-electron chi connectivity index (χ3n) is 5.40. The molecule has 6 nitrogen and oxygen atoms in total. The molecule has 0 radical (unpaired) electrons. The SMILES string of the molecule is Cc1cc(Br)ccc1OCC(=O)Nc1ccc(S(=O)(=O)N(C)C2CCCCC2)cc1. The van der Waals surface area contributed by atoms with Gasteiger partial charge in [-0.15, -0.1) is 0 Å². The highest BCUT2D eigenvalue weighted by Crippen LogP contribution is 2.27. The van der Waals surface area contributed by atoms with Gasteiger partial charge in [-0.25, -0.2) is 8.42 Å². The van der Waals surface area contributed by atoms with Gasteiger partial charge in [0.15, 0.2) is 6.61 Å². The van der Waals surface area contributed by atoms with Gasteiger partial charge in [-0.1, -0.05) is 35.2 Å². The molecule has 0 aromatic heterocycles. The maximum atomic E-state index is 12.9. The first-order chi connectivity index (χ1) is 14.3. The van der Waals surface area contributed by atoms with E-state index >= 15 is 0 Å². The number of hydrogen-bond acceptors (Lipinski definition) is 4. The van der Waals surface area contributed by atoms with E-state index in [9.17, 15) is 13.2 Å². The quantitative estimate of drug-likeness (QED) is 0.603. The summed E-state index contributed by atoms with van der Waals surface area (Å²) in [6.07, 6.45) is 5.11. The van der Waals surface area contributed by atoms with Crippen LogP contribution in [-0.4, -0.2) is 38.3 Å². The minimum Gasteiger partial charge on any atom is -0.483 e. The number of rotatable bonds is 7. The summed E-state index contributed by atoms with van der Waals surface area (Å²) >= 11 is 3.39. The molecule has 0 heterocycles. The van der Waals surface area contributed by atoms with E-state index in [1.165, 1.54) is 22.9 Å². The zero-order valence-corrected chi connectivity index (χ0v) is 19.6. The van der Waals surface area contributed by atoms with Gasteiger partial charge in [0.2, 0.25) is 10.0 Å². The largest absolute Gasteiger partial charge is 0.483 e. The Morgan fingerprint density at radius 3 is 2.43 bits per heavy atom. The maximum Gasteiger partial charge on any atom is 0.262 e. The average Bonchev–Trinajstić information content (AvgIpc) is 2.73. The van der Waals surface area contributed by atoms with E-state index in [4.69, 9.17) is 4.74 Å². The fraction of sp³-hybridized carbons (Fsp3) is 0.409. The number of halogens is 1. The summed E-state index contributed by atoms with van der Waals surface area (Å²) in [4.78, 5) is 12.4. The standard InChI is InChI=1S/C22H27BrN2O4S/c1-16-14-17(23)8-13-21(16)29-15-22(26)24-18-9-11-20(12-10-18)30(27,28)25(2)19-6-4-3-5-7-19/h8-14,19H,3-7,15H2,1-2H3,(H,24,26). The van der Waals surface area contributed by atoms with Gasteiger partial charge >= 0.3 is 0 Å². The molecule has 0 saturated heterocycles. The first kappa shape index (κ1) is 22.8. The molecule has 0 atom stereocenters. The van der Waals surface area contributed by atoms with Crippen molar-refractivity contribution < 1.29 is 17.9 Å². The van der Waals surface area contributed by atoms with Gasteiger partial charge in [-0.05, 0) is 67.8 Å². The molecule has 1 aliphatic carbocycles. The molecule has 0 aliphatic heterocycles. The summed E-state index contributed by atoms with van der Waals surface area (Å²) < 4.78 is 33.8. The lowest BCUT2D eigenvalue weighted by Gasteiger charge is -2.30. The van der Waals surface area contributed by atoms with Gasteiger partial charge in [-0.3, -0.25) is 4.79 Å². The van der Waals surface area contributed by atoms with Crippen molar-refractivity contribution in [1.82, 2.24) is 4.31 Å². The van der Waals surface area contributed by atoms with Crippen LogP contribution in [0.1, 0.15) is 37.7 Å². The van der Waals surface area contributed by atoms with Crippen molar-refractivity contribution in [2.75, 3.05) is 19.0 Å². The lowest BCUT2D eigenvalue weighted by molar-refractivity contribution is -0.118. The van der Waals surface area contributed by atoms with E-state index in [2.05, 4.69) is 21.2 Å². The molecule has 0 spiro atoms. The van der Waals surface area contributed by atoms with Crippen molar-refractivity contribution in [3.63, 3.8) is 0 Å². The van der Waals surface area contributed by atoms with Crippen molar-refractivity contribution in [2.45, 2.75) is 50.0 Å². The van der Waals surface area contributed by atoms with Crippen molar-refractivity contribution in [1.29, 1.82) is 0 Å². The zero-order chi connectivity index (χ0) is 21.7. The summed E-state index contributed by atoms with van der Waals surface area (Å²) in [6.45, 7) is 1.77. The molecule has 1 saturated carbocycles. The number of hydrogen-bond donors (Lipinski definition) is 1. The number of nitrogens with one attached hydrogen (secondary N) is 1. The Morgan fingerprint density at radius 1 is 1.13 bits per heavy atom. The lowest BCUT2D eigenvalue weighted by Crippen LogP contribution is -2.38. The Morgan fingerprint density at radius 2 is 1.80 bits per heavy atom. The predicted molar refractivity (Wildman–Crippen MR) is 121 cm³/mol. The van der Waals surface area contributed by atoms with Crippen LogP contribution in [0.15, 0.2) is 51.8 Å². The van der Waals surface area contributed by atoms with E-state index in [1.807, 2.05) is 19.1 Å². The van der Waals surface area contributed by atoms with Crippen LogP contribution in [0.25, 0.3) is 0 Å². The molecule has 1 N–H and O–H groups in total. The molecule has 1 amide bonds. The highest BCUT2D eigenvalue weighted by atomic mass is 79.9. The number of carbonyl (C=O) groups is 1. The molecule has 2 aromatic rings. The normalized spacial score (nSPS) is 15.2. The highest BCUT2D eigenvalue weighted by Gasteiger charge is 2.28. The van der Waals surface area contributed by atoms with Gasteiger partial charge in [-0.2, -0.15) is 4.31 Å². The summed E-state index contributed by atoms with van der Waals surface area (Å²) in [7, 11) is -1.89. The second-order valence-corrected chi connectivity index (χ2v) is 10.5. The van der Waals surface area contributed by atoms with Crippen LogP contribution in [0, 0.1) is 6.92 Å². The molecule has 162 valence electrons. The van der Waals surface area contributed by atoms with E-state index in [-0.39, 0.29) is 23.5 Å². The van der Waals surface area contributed by atoms with Gasteiger partial charge < -0.3 is 10.1 Å². The van der Waals surface area contributed by atoms with Crippen LogP contribution >= 0.6 is 15.9 Å². The maximum absolute atomic E-state index is 12.9. The third kappa shape index (κ3) is 5.62. The molecule has 2 aromatic carbocycles. The number of anilines is 1. The third-order valence-corrected chi connectivity index (χ3v) is 7.82. The van der Waals surface area contributed by atoms with Gasteiger partial charge in [0, 0.05) is 23.2 Å².